The van der Waals surface area contributed by atoms with Crippen molar-refractivity contribution >= 4 is 29.8 Å². The van der Waals surface area contributed by atoms with E-state index in [-0.39, 0.29) is 11.9 Å². The van der Waals surface area contributed by atoms with E-state index in [0.29, 0.717) is 16.1 Å². The van der Waals surface area contributed by atoms with E-state index in [0.717, 1.165) is 41.7 Å². The highest BCUT2D eigenvalue weighted by molar-refractivity contribution is 7.85. The number of hydrogen-bond donors (Lipinski definition) is 2. The van der Waals surface area contributed by atoms with Crippen molar-refractivity contribution in [2.45, 2.75) is 25.3 Å². The zero-order chi connectivity index (χ0) is 20.4. The second kappa shape index (κ2) is 8.13. The first-order valence-corrected chi connectivity index (χ1v) is 9.88. The lowest BCUT2D eigenvalue weighted by Gasteiger charge is -2.26. The highest BCUT2D eigenvalue weighted by Crippen LogP contribution is 2.25. The van der Waals surface area contributed by atoms with Crippen molar-refractivity contribution in [3.05, 3.63) is 66.0 Å². The van der Waals surface area contributed by atoms with Crippen LogP contribution in [-0.4, -0.2) is 33.7 Å². The third kappa shape index (κ3) is 4.05. The monoisotopic (exact) mass is 406 g/mol. The van der Waals surface area contributed by atoms with E-state index in [1.54, 1.807) is 30.1 Å². The smallest absolute Gasteiger partial charge is 0.257 e. The molecule has 0 saturated heterocycles. The van der Waals surface area contributed by atoms with Gasteiger partial charge < -0.3 is 10.1 Å². The molecule has 1 aromatic carbocycles. The highest BCUT2D eigenvalue weighted by Gasteiger charge is 2.20. The van der Waals surface area contributed by atoms with Gasteiger partial charge in [-0.25, -0.2) is 9.50 Å². The van der Waals surface area contributed by atoms with Crippen molar-refractivity contribution in [3.63, 3.8) is 0 Å². The number of thiol groups is 1. The standard InChI is InChI=1S/C22H22N4O2S/c1-14(10-20(29)22(27)25-17-4-3-5-17)19-12-24-26-13-16(11-23-21(19)26)15-6-8-18(28-2)9-7-15/h6-13,17,29H,1,3-5H2,2H3,(H,25,27). The van der Waals surface area contributed by atoms with Gasteiger partial charge in [0.1, 0.15) is 5.75 Å². The van der Waals surface area contributed by atoms with Gasteiger partial charge in [-0.1, -0.05) is 18.7 Å². The minimum absolute atomic E-state index is 0.176. The minimum atomic E-state index is -0.176. The van der Waals surface area contributed by atoms with E-state index >= 15 is 0 Å². The van der Waals surface area contributed by atoms with Crippen LogP contribution in [0.3, 0.4) is 0 Å². The second-order valence-corrected chi connectivity index (χ2v) is 7.54. The summed E-state index contributed by atoms with van der Waals surface area (Å²) in [6.07, 6.45) is 10.3. The van der Waals surface area contributed by atoms with E-state index in [1.165, 1.54) is 0 Å². The summed E-state index contributed by atoms with van der Waals surface area (Å²) in [5, 5.41) is 7.36. The quantitative estimate of drug-likeness (QED) is 0.370. The van der Waals surface area contributed by atoms with Crippen LogP contribution >= 0.6 is 12.6 Å². The molecular weight excluding hydrogens is 384 g/mol. The van der Waals surface area contributed by atoms with Crippen LogP contribution in [0, 0.1) is 0 Å². The van der Waals surface area contributed by atoms with Crippen LogP contribution in [0.1, 0.15) is 24.8 Å². The fourth-order valence-corrected chi connectivity index (χ4v) is 3.37. The van der Waals surface area contributed by atoms with Crippen molar-refractivity contribution < 1.29 is 9.53 Å². The average Bonchev–Trinajstić information content (AvgIpc) is 3.14. The number of hydrogen-bond acceptors (Lipinski definition) is 5. The molecule has 3 aromatic rings. The van der Waals surface area contributed by atoms with Crippen molar-refractivity contribution in [1.29, 1.82) is 0 Å². The molecule has 1 N–H and O–H groups in total. The fraction of sp³-hybridized carbons (Fsp3) is 0.227. The van der Waals surface area contributed by atoms with E-state index in [9.17, 15) is 4.79 Å². The summed E-state index contributed by atoms with van der Waals surface area (Å²) in [4.78, 5) is 17.1. The van der Waals surface area contributed by atoms with Crippen LogP contribution in [0.15, 0.2) is 60.4 Å². The van der Waals surface area contributed by atoms with E-state index in [4.69, 9.17) is 4.74 Å². The van der Waals surface area contributed by atoms with E-state index < -0.39 is 0 Å². The zero-order valence-corrected chi connectivity index (χ0v) is 17.0. The molecule has 1 amide bonds. The van der Waals surface area contributed by atoms with E-state index in [2.05, 4.69) is 34.6 Å². The number of amides is 1. The number of benzene rings is 1. The number of ether oxygens (including phenoxy) is 1. The molecule has 148 valence electrons. The summed E-state index contributed by atoms with van der Waals surface area (Å²) in [5.41, 5.74) is 4.02. The molecule has 0 aliphatic heterocycles. The number of nitrogens with zero attached hydrogens (tertiary/aromatic N) is 3. The van der Waals surface area contributed by atoms with Gasteiger partial charge in [0, 0.05) is 29.6 Å². The van der Waals surface area contributed by atoms with Crippen LogP contribution in [0.2, 0.25) is 0 Å². The SMILES string of the molecule is C=C(C=C(S)C(=O)NC1CCC1)c1cnn2cc(-c3ccc(OC)cc3)cnc12. The van der Waals surface area contributed by atoms with Gasteiger partial charge in [0.05, 0.1) is 18.2 Å². The predicted octanol–water partition coefficient (Wildman–Crippen LogP) is 3.90. The van der Waals surface area contributed by atoms with E-state index in [1.807, 2.05) is 30.5 Å². The Morgan fingerprint density at radius 2 is 2.03 bits per heavy atom. The number of allylic oxidation sites excluding steroid dienone is 2. The molecule has 1 aliphatic rings. The Morgan fingerprint density at radius 3 is 2.69 bits per heavy atom. The topological polar surface area (TPSA) is 68.5 Å². The van der Waals surface area contributed by atoms with Gasteiger partial charge in [-0.05, 0) is 48.6 Å². The van der Waals surface area contributed by atoms with Gasteiger partial charge in [0.25, 0.3) is 5.91 Å². The molecule has 0 bridgehead atoms. The van der Waals surface area contributed by atoms with Crippen molar-refractivity contribution in [2.24, 2.45) is 0 Å². The summed E-state index contributed by atoms with van der Waals surface area (Å²) < 4.78 is 6.91. The predicted molar refractivity (Wildman–Crippen MR) is 117 cm³/mol. The molecule has 0 unspecified atom stereocenters. The molecule has 0 radical (unpaired) electrons. The van der Waals surface area contributed by atoms with Gasteiger partial charge in [0.2, 0.25) is 0 Å². The average molecular weight is 407 g/mol. The fourth-order valence-electron chi connectivity index (χ4n) is 3.15. The van der Waals surface area contributed by atoms with Crippen LogP contribution < -0.4 is 10.1 Å². The first-order valence-electron chi connectivity index (χ1n) is 9.44. The zero-order valence-electron chi connectivity index (χ0n) is 16.1. The molecule has 29 heavy (non-hydrogen) atoms. The third-order valence-corrected chi connectivity index (χ3v) is 5.44. The molecule has 6 nitrogen and oxygen atoms in total. The molecule has 0 spiro atoms. The maximum absolute atomic E-state index is 12.2. The number of carbonyl (C=O) groups is 1. The molecule has 1 saturated carbocycles. The van der Waals surface area contributed by atoms with Gasteiger partial charge in [0.15, 0.2) is 5.65 Å². The molecule has 0 atom stereocenters. The summed E-state index contributed by atoms with van der Waals surface area (Å²) in [6, 6.07) is 8.03. The molecule has 7 heteroatoms. The lowest BCUT2D eigenvalue weighted by atomic mass is 9.93. The lowest BCUT2D eigenvalue weighted by molar-refractivity contribution is -0.117. The molecule has 2 heterocycles. The molecule has 1 aliphatic carbocycles. The molecule has 1 fully saturated rings. The number of carbonyl (C=O) groups excluding carboxylic acids is 1. The Bertz CT molecular complexity index is 1100. The van der Waals surface area contributed by atoms with Crippen LogP contribution in [0.5, 0.6) is 5.75 Å². The van der Waals surface area contributed by atoms with Crippen LogP contribution in [-0.2, 0) is 4.79 Å². The van der Waals surface area contributed by atoms with Gasteiger partial charge in [-0.2, -0.15) is 5.10 Å². The number of rotatable bonds is 6. The van der Waals surface area contributed by atoms with Crippen LogP contribution in [0.25, 0.3) is 22.3 Å². The number of fused-ring (bicyclic) bond motifs is 1. The van der Waals surface area contributed by atoms with Gasteiger partial charge >= 0.3 is 0 Å². The first-order chi connectivity index (χ1) is 14.0. The maximum atomic E-state index is 12.2. The molecule has 4 rings (SSSR count). The number of aromatic nitrogens is 3. The summed E-state index contributed by atoms with van der Waals surface area (Å²) >= 11 is 4.34. The minimum Gasteiger partial charge on any atom is -0.497 e. The van der Waals surface area contributed by atoms with Gasteiger partial charge in [-0.15, -0.1) is 12.6 Å². The van der Waals surface area contributed by atoms with Crippen molar-refractivity contribution in [1.82, 2.24) is 19.9 Å². The first kappa shape index (κ1) is 19.3. The van der Waals surface area contributed by atoms with Crippen LogP contribution in [0.4, 0.5) is 0 Å². The number of nitrogens with one attached hydrogen (secondary N) is 1. The summed E-state index contributed by atoms with van der Waals surface area (Å²) in [5.74, 6) is 0.626. The Morgan fingerprint density at radius 1 is 1.28 bits per heavy atom. The normalized spacial score (nSPS) is 14.5. The Labute approximate surface area is 174 Å². The largest absolute Gasteiger partial charge is 0.497 e. The Balaban J connectivity index is 1.55. The Kier molecular flexibility index (Phi) is 5.40. The van der Waals surface area contributed by atoms with Crippen molar-refractivity contribution in [2.75, 3.05) is 7.11 Å². The molecular formula is C22H22N4O2S. The molecule has 2 aromatic heterocycles. The Hall–Kier alpha value is -3.06. The third-order valence-electron chi connectivity index (χ3n) is 5.11. The summed E-state index contributed by atoms with van der Waals surface area (Å²) in [6.45, 7) is 4.07. The highest BCUT2D eigenvalue weighted by atomic mass is 32.1. The maximum Gasteiger partial charge on any atom is 0.257 e. The number of methoxy groups -OCH3 is 1. The summed E-state index contributed by atoms with van der Waals surface area (Å²) in [7, 11) is 1.64. The second-order valence-electron chi connectivity index (χ2n) is 7.05. The van der Waals surface area contributed by atoms with Crippen molar-refractivity contribution in [3.8, 4) is 16.9 Å². The van der Waals surface area contributed by atoms with Gasteiger partial charge in [-0.3, -0.25) is 4.79 Å². The lowest BCUT2D eigenvalue weighted by Crippen LogP contribution is -2.39.